The van der Waals surface area contributed by atoms with E-state index >= 15 is 0 Å². The minimum Gasteiger partial charge on any atom is -0.348 e. The number of carbonyl (C=O) groups excluding carboxylic acids is 2. The van der Waals surface area contributed by atoms with Crippen LogP contribution in [0.4, 0.5) is 0 Å². The molecule has 1 aromatic rings. The van der Waals surface area contributed by atoms with Crippen molar-refractivity contribution in [3.63, 3.8) is 0 Å². The first kappa shape index (κ1) is 20.8. The molecule has 0 radical (unpaired) electrons. The Morgan fingerprint density at radius 1 is 1.22 bits per heavy atom. The van der Waals surface area contributed by atoms with Crippen molar-refractivity contribution >= 4 is 11.8 Å². The molecule has 4 heteroatoms. The number of terminal acetylenes is 1. The fourth-order valence-corrected chi connectivity index (χ4v) is 3.54. The molecule has 0 unspecified atom stereocenters. The highest BCUT2D eigenvalue weighted by Gasteiger charge is 2.21. The van der Waals surface area contributed by atoms with Crippen molar-refractivity contribution in [3.8, 4) is 12.3 Å². The van der Waals surface area contributed by atoms with Crippen LogP contribution in [0, 0.1) is 18.3 Å². The summed E-state index contributed by atoms with van der Waals surface area (Å²) in [4.78, 5) is 26.3. The molecular weight excluding hydrogens is 336 g/mol. The molecule has 0 aromatic heterocycles. The van der Waals surface area contributed by atoms with Gasteiger partial charge in [0.25, 0.3) is 5.91 Å². The third-order valence-corrected chi connectivity index (χ3v) is 5.09. The van der Waals surface area contributed by atoms with Gasteiger partial charge in [-0.15, -0.1) is 12.3 Å². The van der Waals surface area contributed by atoms with Crippen LogP contribution in [0.5, 0.6) is 0 Å². The lowest BCUT2D eigenvalue weighted by Gasteiger charge is -2.30. The summed E-state index contributed by atoms with van der Waals surface area (Å²) in [6, 6.07) is 7.45. The molecule has 2 rings (SSSR count). The molecule has 4 nitrogen and oxygen atoms in total. The second-order valence-electron chi connectivity index (χ2n) is 7.18. The molecule has 144 valence electrons. The normalized spacial score (nSPS) is 14.2. The molecule has 2 amide bonds. The monoisotopic (exact) mass is 366 g/mol. The van der Waals surface area contributed by atoms with Crippen molar-refractivity contribution in [3.05, 3.63) is 48.0 Å². The molecular formula is C23H30N2O2. The number of rotatable bonds is 9. The maximum Gasteiger partial charge on any atom is 0.253 e. The average Bonchev–Trinajstić information content (AvgIpc) is 2.72. The average molecular weight is 367 g/mol. The van der Waals surface area contributed by atoms with E-state index < -0.39 is 0 Å². The third kappa shape index (κ3) is 6.94. The Labute approximate surface area is 163 Å². The van der Waals surface area contributed by atoms with E-state index in [4.69, 9.17) is 6.42 Å². The summed E-state index contributed by atoms with van der Waals surface area (Å²) in [7, 11) is 0. The Hall–Kier alpha value is -2.54. The topological polar surface area (TPSA) is 49.4 Å². The first-order chi connectivity index (χ1) is 13.1. The van der Waals surface area contributed by atoms with Crippen molar-refractivity contribution in [2.75, 3.05) is 13.1 Å². The summed E-state index contributed by atoms with van der Waals surface area (Å²) in [6.45, 7) is 5.38. The standard InChI is InChI=1S/C23H30N2O2/c1-3-5-9-16-25(18-20-10-7-6-8-11-20)23(27)21-14-12-19(13-15-21)17-24-22(26)4-2/h1,4,12-15,20H,2,5-11,16-18H2,(H,24,26). The highest BCUT2D eigenvalue weighted by Crippen LogP contribution is 2.25. The second kappa shape index (κ2) is 11.2. The predicted molar refractivity (Wildman–Crippen MR) is 109 cm³/mol. The Balaban J connectivity index is 2.00. The Morgan fingerprint density at radius 2 is 1.93 bits per heavy atom. The Morgan fingerprint density at radius 3 is 2.56 bits per heavy atom. The van der Waals surface area contributed by atoms with Crippen LogP contribution in [-0.4, -0.2) is 29.8 Å². The van der Waals surface area contributed by atoms with Gasteiger partial charge in [-0.2, -0.15) is 0 Å². The number of hydrogen-bond acceptors (Lipinski definition) is 2. The van der Waals surface area contributed by atoms with Gasteiger partial charge in [0.2, 0.25) is 5.91 Å². The zero-order valence-electron chi connectivity index (χ0n) is 16.1. The summed E-state index contributed by atoms with van der Waals surface area (Å²) in [5.41, 5.74) is 1.64. The van der Waals surface area contributed by atoms with E-state index in [0.29, 0.717) is 31.0 Å². The van der Waals surface area contributed by atoms with Gasteiger partial charge in [-0.05, 0) is 49.0 Å². The fraction of sp³-hybridized carbons (Fsp3) is 0.478. The van der Waals surface area contributed by atoms with Gasteiger partial charge in [-0.25, -0.2) is 0 Å². The first-order valence-electron chi connectivity index (χ1n) is 9.86. The van der Waals surface area contributed by atoms with Crippen LogP contribution < -0.4 is 5.32 Å². The number of unbranched alkanes of at least 4 members (excludes halogenated alkanes) is 1. The second-order valence-corrected chi connectivity index (χ2v) is 7.18. The largest absolute Gasteiger partial charge is 0.348 e. The zero-order chi connectivity index (χ0) is 19.5. The van der Waals surface area contributed by atoms with Gasteiger partial charge < -0.3 is 10.2 Å². The van der Waals surface area contributed by atoms with Gasteiger partial charge in [0.05, 0.1) is 0 Å². The van der Waals surface area contributed by atoms with Gasteiger partial charge in [0, 0.05) is 31.6 Å². The first-order valence-corrected chi connectivity index (χ1v) is 9.86. The van der Waals surface area contributed by atoms with Gasteiger partial charge in [0.15, 0.2) is 0 Å². The molecule has 0 aliphatic heterocycles. The lowest BCUT2D eigenvalue weighted by molar-refractivity contribution is -0.116. The zero-order valence-corrected chi connectivity index (χ0v) is 16.1. The van der Waals surface area contributed by atoms with Crippen molar-refractivity contribution in [2.24, 2.45) is 5.92 Å². The lowest BCUT2D eigenvalue weighted by Crippen LogP contribution is -2.36. The van der Waals surface area contributed by atoms with Crippen LogP contribution in [0.1, 0.15) is 60.9 Å². The van der Waals surface area contributed by atoms with Crippen molar-refractivity contribution in [2.45, 2.75) is 51.5 Å². The van der Waals surface area contributed by atoms with E-state index in [0.717, 1.165) is 18.5 Å². The SMILES string of the molecule is C#CCCCN(CC1CCCCC1)C(=O)c1ccc(CNC(=O)C=C)cc1. The molecule has 1 fully saturated rings. The number of nitrogens with one attached hydrogen (secondary N) is 1. The van der Waals surface area contributed by atoms with Gasteiger partial charge >= 0.3 is 0 Å². The van der Waals surface area contributed by atoms with Crippen LogP contribution >= 0.6 is 0 Å². The lowest BCUT2D eigenvalue weighted by atomic mass is 9.88. The number of hydrogen-bond donors (Lipinski definition) is 1. The highest BCUT2D eigenvalue weighted by molar-refractivity contribution is 5.94. The maximum absolute atomic E-state index is 13.0. The molecule has 1 aliphatic carbocycles. The molecule has 0 spiro atoms. The number of carbonyl (C=O) groups is 2. The summed E-state index contributed by atoms with van der Waals surface area (Å²) < 4.78 is 0. The molecule has 1 aromatic carbocycles. The van der Waals surface area contributed by atoms with Crippen LogP contribution in [0.15, 0.2) is 36.9 Å². The summed E-state index contributed by atoms with van der Waals surface area (Å²) in [6.07, 6.45) is 14.4. The molecule has 0 atom stereocenters. The Bertz CT molecular complexity index is 667. The number of nitrogens with zero attached hydrogens (tertiary/aromatic N) is 1. The quantitative estimate of drug-likeness (QED) is 0.409. The highest BCUT2D eigenvalue weighted by atomic mass is 16.2. The van der Waals surface area contributed by atoms with E-state index in [9.17, 15) is 9.59 Å². The van der Waals surface area contributed by atoms with E-state index in [1.54, 1.807) is 0 Å². The smallest absolute Gasteiger partial charge is 0.253 e. The fourth-order valence-electron chi connectivity index (χ4n) is 3.54. The van der Waals surface area contributed by atoms with E-state index in [2.05, 4.69) is 17.8 Å². The van der Waals surface area contributed by atoms with E-state index in [-0.39, 0.29) is 11.8 Å². The summed E-state index contributed by atoms with van der Waals surface area (Å²) >= 11 is 0. The van der Waals surface area contributed by atoms with Crippen LogP contribution in [0.25, 0.3) is 0 Å². The minimum atomic E-state index is -0.206. The summed E-state index contributed by atoms with van der Waals surface area (Å²) in [5, 5.41) is 2.74. The van der Waals surface area contributed by atoms with Crippen molar-refractivity contribution in [1.82, 2.24) is 10.2 Å². The van der Waals surface area contributed by atoms with Gasteiger partial charge in [0.1, 0.15) is 0 Å². The van der Waals surface area contributed by atoms with Crippen molar-refractivity contribution < 1.29 is 9.59 Å². The van der Waals surface area contributed by atoms with Crippen LogP contribution in [0.3, 0.4) is 0 Å². The molecule has 1 N–H and O–H groups in total. The number of benzene rings is 1. The number of amides is 2. The van der Waals surface area contributed by atoms with E-state index in [1.165, 1.54) is 38.2 Å². The van der Waals surface area contributed by atoms with Crippen LogP contribution in [0.2, 0.25) is 0 Å². The van der Waals surface area contributed by atoms with Crippen LogP contribution in [-0.2, 0) is 11.3 Å². The minimum absolute atomic E-state index is 0.0688. The van der Waals surface area contributed by atoms with Crippen molar-refractivity contribution in [1.29, 1.82) is 0 Å². The molecule has 1 saturated carbocycles. The van der Waals surface area contributed by atoms with Gasteiger partial charge in [-0.3, -0.25) is 9.59 Å². The molecule has 0 heterocycles. The van der Waals surface area contributed by atoms with Gasteiger partial charge in [-0.1, -0.05) is 38.0 Å². The molecule has 27 heavy (non-hydrogen) atoms. The third-order valence-electron chi connectivity index (χ3n) is 5.09. The molecule has 0 bridgehead atoms. The molecule has 1 aliphatic rings. The van der Waals surface area contributed by atoms with E-state index in [1.807, 2.05) is 29.2 Å². The predicted octanol–water partition coefficient (Wildman–Crippen LogP) is 3.92. The molecule has 0 saturated heterocycles. The summed E-state index contributed by atoms with van der Waals surface area (Å²) in [5.74, 6) is 3.12. The Kier molecular flexibility index (Phi) is 8.64. The maximum atomic E-state index is 13.0.